The molecule has 2 heterocycles. The molecule has 0 aliphatic heterocycles. The number of nitrogen functional groups attached to an aromatic ring is 1. The Morgan fingerprint density at radius 1 is 1.37 bits per heavy atom. The Balaban J connectivity index is 2.38. The van der Waals surface area contributed by atoms with Crippen LogP contribution >= 0.6 is 11.3 Å². The lowest BCUT2D eigenvalue weighted by atomic mass is 9.90. The fraction of sp³-hybridized carbons (Fsp3) is 0.571. The zero-order valence-electron chi connectivity index (χ0n) is 12.3. The van der Waals surface area contributed by atoms with Gasteiger partial charge in [-0.3, -0.25) is 4.68 Å². The summed E-state index contributed by atoms with van der Waals surface area (Å²) in [5, 5.41) is 5.15. The van der Waals surface area contributed by atoms with Crippen molar-refractivity contribution in [2.75, 3.05) is 5.73 Å². The number of nitrogens with zero attached hydrogens (tertiary/aromatic N) is 3. The van der Waals surface area contributed by atoms with E-state index in [9.17, 15) is 0 Å². The van der Waals surface area contributed by atoms with Crippen LogP contribution in [0.25, 0.3) is 0 Å². The van der Waals surface area contributed by atoms with E-state index in [2.05, 4.69) is 44.0 Å². The number of rotatable bonds is 3. The molecule has 0 spiro atoms. The van der Waals surface area contributed by atoms with Crippen LogP contribution in [0.1, 0.15) is 49.5 Å². The van der Waals surface area contributed by atoms with Crippen LogP contribution in [-0.4, -0.2) is 14.8 Å². The standard InChI is InChI=1S/C14H22N4S/c1-6-10-9(8-18(5)17-10)7-11-12(14(2,3)4)16-13(15)19-11/h8H,6-7H2,1-5H3,(H2,15,16). The zero-order valence-corrected chi connectivity index (χ0v) is 13.1. The molecule has 2 aromatic heterocycles. The van der Waals surface area contributed by atoms with Gasteiger partial charge in [0.2, 0.25) is 0 Å². The van der Waals surface area contributed by atoms with Crippen molar-refractivity contribution in [1.82, 2.24) is 14.8 Å². The van der Waals surface area contributed by atoms with E-state index in [0.29, 0.717) is 5.13 Å². The van der Waals surface area contributed by atoms with E-state index in [-0.39, 0.29) is 5.41 Å². The molecule has 0 atom stereocenters. The minimum Gasteiger partial charge on any atom is -0.375 e. The summed E-state index contributed by atoms with van der Waals surface area (Å²) in [6.45, 7) is 8.66. The van der Waals surface area contributed by atoms with Crippen LogP contribution in [0, 0.1) is 0 Å². The molecular formula is C14H22N4S. The maximum absolute atomic E-state index is 5.89. The molecule has 0 fully saturated rings. The van der Waals surface area contributed by atoms with Crippen molar-refractivity contribution in [1.29, 1.82) is 0 Å². The molecule has 4 nitrogen and oxygen atoms in total. The van der Waals surface area contributed by atoms with Crippen molar-refractivity contribution in [3.63, 3.8) is 0 Å². The van der Waals surface area contributed by atoms with E-state index in [1.807, 2.05) is 11.7 Å². The monoisotopic (exact) mass is 278 g/mol. The highest BCUT2D eigenvalue weighted by molar-refractivity contribution is 7.15. The molecule has 0 saturated carbocycles. The third kappa shape index (κ3) is 2.97. The Kier molecular flexibility index (Phi) is 3.67. The summed E-state index contributed by atoms with van der Waals surface area (Å²) in [5.41, 5.74) is 9.47. The smallest absolute Gasteiger partial charge is 0.180 e. The van der Waals surface area contributed by atoms with Gasteiger partial charge in [0, 0.05) is 30.0 Å². The van der Waals surface area contributed by atoms with Gasteiger partial charge < -0.3 is 5.73 Å². The van der Waals surface area contributed by atoms with Gasteiger partial charge in [-0.05, 0) is 12.0 Å². The average molecular weight is 278 g/mol. The lowest BCUT2D eigenvalue weighted by Crippen LogP contribution is -2.14. The molecule has 19 heavy (non-hydrogen) atoms. The van der Waals surface area contributed by atoms with Gasteiger partial charge in [-0.2, -0.15) is 5.10 Å². The summed E-state index contributed by atoms with van der Waals surface area (Å²) in [4.78, 5) is 5.77. The third-order valence-corrected chi connectivity index (χ3v) is 3.99. The van der Waals surface area contributed by atoms with Gasteiger partial charge in [0.15, 0.2) is 5.13 Å². The first-order valence-corrected chi connectivity index (χ1v) is 7.40. The van der Waals surface area contributed by atoms with E-state index in [0.717, 1.165) is 24.2 Å². The number of aromatic nitrogens is 3. The minimum absolute atomic E-state index is 0.0258. The maximum Gasteiger partial charge on any atom is 0.180 e. The summed E-state index contributed by atoms with van der Waals surface area (Å²) in [6.07, 6.45) is 3.93. The SMILES string of the molecule is CCc1nn(C)cc1Cc1sc(N)nc1C(C)(C)C. The number of anilines is 1. The first kappa shape index (κ1) is 14.1. The van der Waals surface area contributed by atoms with Gasteiger partial charge in [-0.1, -0.05) is 27.7 Å². The molecule has 104 valence electrons. The highest BCUT2D eigenvalue weighted by Gasteiger charge is 2.23. The first-order chi connectivity index (χ1) is 8.81. The summed E-state index contributed by atoms with van der Waals surface area (Å²) in [5.74, 6) is 0. The largest absolute Gasteiger partial charge is 0.375 e. The second-order valence-electron chi connectivity index (χ2n) is 5.88. The van der Waals surface area contributed by atoms with Crippen LogP contribution in [0.3, 0.4) is 0 Å². The quantitative estimate of drug-likeness (QED) is 0.939. The molecule has 0 radical (unpaired) electrons. The Morgan fingerprint density at radius 2 is 2.05 bits per heavy atom. The van der Waals surface area contributed by atoms with Crippen molar-refractivity contribution >= 4 is 16.5 Å². The average Bonchev–Trinajstić information content (AvgIpc) is 2.81. The van der Waals surface area contributed by atoms with Crippen molar-refractivity contribution in [3.05, 3.63) is 28.0 Å². The third-order valence-electron chi connectivity index (χ3n) is 3.10. The Hall–Kier alpha value is -1.36. The zero-order chi connectivity index (χ0) is 14.2. The van der Waals surface area contributed by atoms with Gasteiger partial charge in [-0.15, -0.1) is 11.3 Å². The molecule has 0 saturated heterocycles. The number of aryl methyl sites for hydroxylation is 2. The Labute approximate surface area is 118 Å². The fourth-order valence-electron chi connectivity index (χ4n) is 2.28. The lowest BCUT2D eigenvalue weighted by molar-refractivity contribution is 0.568. The van der Waals surface area contributed by atoms with Gasteiger partial charge in [-0.25, -0.2) is 4.98 Å². The topological polar surface area (TPSA) is 56.7 Å². The van der Waals surface area contributed by atoms with Gasteiger partial charge in [0.25, 0.3) is 0 Å². The highest BCUT2D eigenvalue weighted by Crippen LogP contribution is 2.32. The second-order valence-corrected chi connectivity index (χ2v) is 6.99. The highest BCUT2D eigenvalue weighted by atomic mass is 32.1. The molecular weight excluding hydrogens is 256 g/mol. The van der Waals surface area contributed by atoms with E-state index in [4.69, 9.17) is 5.73 Å². The maximum atomic E-state index is 5.89. The molecule has 2 aromatic rings. The summed E-state index contributed by atoms with van der Waals surface area (Å²) in [6, 6.07) is 0. The van der Waals surface area contributed by atoms with E-state index in [1.54, 1.807) is 11.3 Å². The molecule has 5 heteroatoms. The van der Waals surface area contributed by atoms with Crippen LogP contribution in [0.4, 0.5) is 5.13 Å². The van der Waals surface area contributed by atoms with Gasteiger partial charge >= 0.3 is 0 Å². The van der Waals surface area contributed by atoms with Crippen molar-refractivity contribution in [2.24, 2.45) is 7.05 Å². The first-order valence-electron chi connectivity index (χ1n) is 6.58. The van der Waals surface area contributed by atoms with E-state index >= 15 is 0 Å². The van der Waals surface area contributed by atoms with Crippen LogP contribution in [0.15, 0.2) is 6.20 Å². The summed E-state index contributed by atoms with van der Waals surface area (Å²) in [7, 11) is 1.97. The number of nitrogens with two attached hydrogens (primary N) is 1. The lowest BCUT2D eigenvalue weighted by Gasteiger charge is -2.17. The number of thiazole rings is 1. The Morgan fingerprint density at radius 3 is 2.63 bits per heavy atom. The van der Waals surface area contributed by atoms with E-state index < -0.39 is 0 Å². The number of hydrogen-bond acceptors (Lipinski definition) is 4. The van der Waals surface area contributed by atoms with Crippen LogP contribution in [0.2, 0.25) is 0 Å². The second kappa shape index (κ2) is 4.96. The van der Waals surface area contributed by atoms with Gasteiger partial charge in [0.05, 0.1) is 11.4 Å². The van der Waals surface area contributed by atoms with Crippen molar-refractivity contribution < 1.29 is 0 Å². The van der Waals surface area contributed by atoms with Gasteiger partial charge in [0.1, 0.15) is 0 Å². The van der Waals surface area contributed by atoms with Crippen LogP contribution in [0.5, 0.6) is 0 Å². The summed E-state index contributed by atoms with van der Waals surface area (Å²) >= 11 is 1.59. The van der Waals surface area contributed by atoms with Crippen molar-refractivity contribution in [3.8, 4) is 0 Å². The molecule has 2 rings (SSSR count). The van der Waals surface area contributed by atoms with E-state index in [1.165, 1.54) is 10.4 Å². The minimum atomic E-state index is 0.0258. The normalized spacial score (nSPS) is 12.1. The predicted molar refractivity (Wildman–Crippen MR) is 80.6 cm³/mol. The molecule has 0 bridgehead atoms. The fourth-order valence-corrected chi connectivity index (χ4v) is 3.34. The molecule has 0 aromatic carbocycles. The molecule has 0 aliphatic carbocycles. The summed E-state index contributed by atoms with van der Waals surface area (Å²) < 4.78 is 1.88. The predicted octanol–water partition coefficient (Wildman–Crippen LogP) is 2.91. The molecule has 0 amide bonds. The molecule has 0 aliphatic rings. The van der Waals surface area contributed by atoms with Crippen LogP contribution in [-0.2, 0) is 25.3 Å². The molecule has 2 N–H and O–H groups in total. The Bertz CT molecular complexity index is 575. The van der Waals surface area contributed by atoms with Crippen molar-refractivity contribution in [2.45, 2.75) is 46.0 Å². The van der Waals surface area contributed by atoms with Crippen LogP contribution < -0.4 is 5.73 Å². The molecule has 0 unspecified atom stereocenters. The number of hydrogen-bond donors (Lipinski definition) is 1.